The number of fused-ring (bicyclic) bond motifs is 2. The van der Waals surface area contributed by atoms with Crippen molar-refractivity contribution in [1.29, 1.82) is 0 Å². The molecule has 1 N–H and O–H groups in total. The van der Waals surface area contributed by atoms with E-state index in [-0.39, 0.29) is 39.9 Å². The molecule has 0 saturated carbocycles. The highest BCUT2D eigenvalue weighted by Crippen LogP contribution is 2.43. The molecule has 0 unspecified atom stereocenters. The van der Waals surface area contributed by atoms with Crippen LogP contribution in [0.15, 0.2) is 30.3 Å². The van der Waals surface area contributed by atoms with Gasteiger partial charge in [-0.05, 0) is 0 Å². The summed E-state index contributed by atoms with van der Waals surface area (Å²) >= 11 is 0. The summed E-state index contributed by atoms with van der Waals surface area (Å²) in [5.41, 5.74) is 0.774. The number of hydrogen-bond donors (Lipinski definition) is 1. The number of phenolic OH excluding ortho intramolecular Hbond substituents is 1. The fraction of sp³-hybridized carbons (Fsp3) is 0.125. The topological polar surface area (TPSA) is 72.8 Å². The highest BCUT2D eigenvalue weighted by molar-refractivity contribution is 6.30. The summed E-state index contributed by atoms with van der Waals surface area (Å²) in [6.07, 6.45) is 0. The minimum Gasteiger partial charge on any atom is -0.504 e. The van der Waals surface area contributed by atoms with Gasteiger partial charge in [-0.3, -0.25) is 9.59 Å². The largest absolute Gasteiger partial charge is 0.504 e. The van der Waals surface area contributed by atoms with Gasteiger partial charge in [-0.25, -0.2) is 0 Å². The quantitative estimate of drug-likeness (QED) is 0.781. The predicted molar refractivity (Wildman–Crippen MR) is 74.5 cm³/mol. The first-order valence-corrected chi connectivity index (χ1v) is 6.26. The van der Waals surface area contributed by atoms with Crippen LogP contribution in [0, 0.1) is 0 Å². The number of ether oxygens (including phenoxy) is 2. The second kappa shape index (κ2) is 4.63. The van der Waals surface area contributed by atoms with Gasteiger partial charge in [-0.2, -0.15) is 0 Å². The molecule has 0 aliphatic heterocycles. The van der Waals surface area contributed by atoms with E-state index in [9.17, 15) is 14.7 Å². The third-order valence-electron chi connectivity index (χ3n) is 3.52. The zero-order valence-corrected chi connectivity index (χ0v) is 11.5. The van der Waals surface area contributed by atoms with Crippen molar-refractivity contribution in [1.82, 2.24) is 0 Å². The van der Waals surface area contributed by atoms with E-state index in [1.165, 1.54) is 20.3 Å². The maximum absolute atomic E-state index is 12.7. The van der Waals surface area contributed by atoms with E-state index < -0.39 is 0 Å². The lowest BCUT2D eigenvalue weighted by atomic mass is 9.83. The third-order valence-corrected chi connectivity index (χ3v) is 3.52. The Morgan fingerprint density at radius 2 is 1.48 bits per heavy atom. The van der Waals surface area contributed by atoms with Gasteiger partial charge in [0.2, 0.25) is 0 Å². The first-order chi connectivity index (χ1) is 10.1. The molecule has 21 heavy (non-hydrogen) atoms. The fourth-order valence-electron chi connectivity index (χ4n) is 2.58. The lowest BCUT2D eigenvalue weighted by molar-refractivity contribution is 0.0973. The van der Waals surface area contributed by atoms with Crippen LogP contribution in [0.1, 0.15) is 31.8 Å². The van der Waals surface area contributed by atoms with Crippen LogP contribution in [0.3, 0.4) is 0 Å². The normalized spacial score (nSPS) is 12.7. The Morgan fingerprint density at radius 3 is 2.00 bits per heavy atom. The van der Waals surface area contributed by atoms with Crippen LogP contribution in [0.5, 0.6) is 17.2 Å². The van der Waals surface area contributed by atoms with Gasteiger partial charge < -0.3 is 14.6 Å². The number of aromatic hydroxyl groups is 1. The van der Waals surface area contributed by atoms with Crippen molar-refractivity contribution >= 4 is 11.6 Å². The molecule has 0 fully saturated rings. The Morgan fingerprint density at radius 1 is 0.905 bits per heavy atom. The summed E-state index contributed by atoms with van der Waals surface area (Å²) in [5.74, 6) is -0.801. The van der Waals surface area contributed by atoms with Crippen molar-refractivity contribution in [3.05, 3.63) is 52.6 Å². The molecule has 5 nitrogen and oxygen atoms in total. The first-order valence-electron chi connectivity index (χ1n) is 6.26. The number of phenols is 1. The highest BCUT2D eigenvalue weighted by atomic mass is 16.5. The Hall–Kier alpha value is -2.82. The van der Waals surface area contributed by atoms with Crippen molar-refractivity contribution in [2.24, 2.45) is 0 Å². The SMILES string of the molecule is COc1cc(O)c(OC)c2c1C(=O)c1ccccc1C2=O. The third kappa shape index (κ3) is 1.71. The number of rotatable bonds is 2. The van der Waals surface area contributed by atoms with Crippen LogP contribution in [0.2, 0.25) is 0 Å². The number of hydrogen-bond acceptors (Lipinski definition) is 5. The summed E-state index contributed by atoms with van der Waals surface area (Å²) in [4.78, 5) is 25.3. The van der Waals surface area contributed by atoms with Crippen LogP contribution in [0.25, 0.3) is 0 Å². The van der Waals surface area contributed by atoms with E-state index in [1.54, 1.807) is 24.3 Å². The van der Waals surface area contributed by atoms with Crippen molar-refractivity contribution in [2.45, 2.75) is 0 Å². The van der Waals surface area contributed by atoms with E-state index in [2.05, 4.69) is 0 Å². The van der Waals surface area contributed by atoms with Gasteiger partial charge in [0, 0.05) is 17.2 Å². The summed E-state index contributed by atoms with van der Waals surface area (Å²) in [7, 11) is 2.71. The Bertz CT molecular complexity index is 776. The smallest absolute Gasteiger partial charge is 0.198 e. The van der Waals surface area contributed by atoms with E-state index in [0.29, 0.717) is 11.1 Å². The van der Waals surface area contributed by atoms with Crippen LogP contribution in [-0.4, -0.2) is 30.9 Å². The van der Waals surface area contributed by atoms with E-state index in [0.717, 1.165) is 0 Å². The zero-order valence-electron chi connectivity index (χ0n) is 11.5. The van der Waals surface area contributed by atoms with Gasteiger partial charge >= 0.3 is 0 Å². The molecule has 5 heteroatoms. The maximum atomic E-state index is 12.7. The van der Waals surface area contributed by atoms with Crippen LogP contribution in [-0.2, 0) is 0 Å². The van der Waals surface area contributed by atoms with Gasteiger partial charge in [0.05, 0.1) is 25.3 Å². The minimum atomic E-state index is -0.369. The molecular weight excluding hydrogens is 272 g/mol. The average Bonchev–Trinajstić information content (AvgIpc) is 2.51. The number of carbonyl (C=O) groups is 2. The molecule has 1 aliphatic carbocycles. The van der Waals surface area contributed by atoms with Crippen LogP contribution in [0.4, 0.5) is 0 Å². The monoisotopic (exact) mass is 284 g/mol. The summed E-state index contributed by atoms with van der Waals surface area (Å²) in [5, 5.41) is 9.96. The standard InChI is InChI=1S/C16H12O5/c1-20-11-7-10(17)16(21-2)13-12(11)14(18)8-5-3-4-6-9(8)15(13)19/h3-7,17H,1-2H3. The Labute approximate surface area is 120 Å². The Balaban J connectivity index is 2.41. The number of ketones is 2. The lowest BCUT2D eigenvalue weighted by Crippen LogP contribution is -2.22. The molecule has 1 aliphatic rings. The molecule has 0 atom stereocenters. The maximum Gasteiger partial charge on any atom is 0.198 e. The summed E-state index contributed by atoms with van der Waals surface area (Å²) in [6, 6.07) is 7.82. The number of carbonyl (C=O) groups excluding carboxylic acids is 2. The average molecular weight is 284 g/mol. The molecule has 106 valence electrons. The lowest BCUT2D eigenvalue weighted by Gasteiger charge is -2.22. The second-order valence-electron chi connectivity index (χ2n) is 4.59. The first kappa shape index (κ1) is 13.2. The molecule has 0 saturated heterocycles. The Kier molecular flexibility index (Phi) is 2.90. The number of methoxy groups -OCH3 is 2. The van der Waals surface area contributed by atoms with Gasteiger partial charge in [0.1, 0.15) is 5.75 Å². The molecular formula is C16H12O5. The van der Waals surface area contributed by atoms with Gasteiger partial charge in [0.15, 0.2) is 23.1 Å². The molecule has 0 amide bonds. The van der Waals surface area contributed by atoms with E-state index in [4.69, 9.17) is 9.47 Å². The van der Waals surface area contributed by atoms with E-state index >= 15 is 0 Å². The van der Waals surface area contributed by atoms with Gasteiger partial charge in [0.25, 0.3) is 0 Å². The molecule has 0 radical (unpaired) electrons. The zero-order chi connectivity index (χ0) is 15.1. The summed E-state index contributed by atoms with van der Waals surface area (Å²) < 4.78 is 10.2. The second-order valence-corrected chi connectivity index (χ2v) is 4.59. The van der Waals surface area contributed by atoms with Crippen molar-refractivity contribution in [2.75, 3.05) is 14.2 Å². The highest BCUT2D eigenvalue weighted by Gasteiger charge is 2.36. The van der Waals surface area contributed by atoms with Crippen LogP contribution < -0.4 is 9.47 Å². The van der Waals surface area contributed by atoms with Crippen molar-refractivity contribution in [3.63, 3.8) is 0 Å². The number of benzene rings is 2. The van der Waals surface area contributed by atoms with Crippen molar-refractivity contribution in [3.8, 4) is 17.2 Å². The fourth-order valence-corrected chi connectivity index (χ4v) is 2.58. The summed E-state index contributed by atoms with van der Waals surface area (Å²) in [6.45, 7) is 0. The molecule has 0 heterocycles. The van der Waals surface area contributed by atoms with Crippen LogP contribution >= 0.6 is 0 Å². The molecule has 0 aromatic heterocycles. The molecule has 0 spiro atoms. The molecule has 3 rings (SSSR count). The van der Waals surface area contributed by atoms with Gasteiger partial charge in [-0.1, -0.05) is 24.3 Å². The molecule has 2 aromatic carbocycles. The van der Waals surface area contributed by atoms with Gasteiger partial charge in [-0.15, -0.1) is 0 Å². The van der Waals surface area contributed by atoms with E-state index in [1.807, 2.05) is 0 Å². The predicted octanol–water partition coefficient (Wildman–Crippen LogP) is 2.18. The molecule has 0 bridgehead atoms. The molecule has 2 aromatic rings. The van der Waals surface area contributed by atoms with Crippen molar-refractivity contribution < 1.29 is 24.2 Å². The minimum absolute atomic E-state index is 0.0151.